The number of benzene rings is 2. The fourth-order valence-electron chi connectivity index (χ4n) is 2.24. The van der Waals surface area contributed by atoms with Crippen LogP contribution in [-0.2, 0) is 23.1 Å². The Labute approximate surface area is 147 Å². The van der Waals surface area contributed by atoms with Gasteiger partial charge in [0, 0.05) is 6.54 Å². The predicted molar refractivity (Wildman–Crippen MR) is 85.9 cm³/mol. The molecule has 3 rings (SSSR count). The van der Waals surface area contributed by atoms with Gasteiger partial charge in [-0.3, -0.25) is 0 Å². The molecular formula is C16H13F3N4O2S. The Balaban J connectivity index is 1.69. The summed E-state index contributed by atoms with van der Waals surface area (Å²) in [7, 11) is -4.33. The van der Waals surface area contributed by atoms with Gasteiger partial charge in [0.05, 0.1) is 6.54 Å². The summed E-state index contributed by atoms with van der Waals surface area (Å²) in [6.07, 6.45) is 2.99. The van der Waals surface area contributed by atoms with Crippen LogP contribution in [0.25, 0.3) is 0 Å². The Kier molecular flexibility index (Phi) is 5.05. The number of sulfonamides is 1. The topological polar surface area (TPSA) is 76.9 Å². The molecule has 6 nitrogen and oxygen atoms in total. The molecule has 0 amide bonds. The third-order valence-electron chi connectivity index (χ3n) is 3.59. The molecule has 0 radical (unpaired) electrons. The number of hydrogen-bond acceptors (Lipinski definition) is 4. The summed E-state index contributed by atoms with van der Waals surface area (Å²) in [5.74, 6) is -5.03. The van der Waals surface area contributed by atoms with Crippen LogP contribution in [0, 0.1) is 17.5 Å². The number of rotatable bonds is 6. The maximum atomic E-state index is 13.7. The molecule has 0 fully saturated rings. The molecule has 2 aromatic carbocycles. The first-order valence-corrected chi connectivity index (χ1v) is 8.88. The van der Waals surface area contributed by atoms with E-state index in [1.165, 1.54) is 6.33 Å². The highest BCUT2D eigenvalue weighted by molar-refractivity contribution is 7.89. The van der Waals surface area contributed by atoms with Gasteiger partial charge in [0.2, 0.25) is 10.0 Å². The average Bonchev–Trinajstić information content (AvgIpc) is 3.12. The highest BCUT2D eigenvalue weighted by Crippen LogP contribution is 2.19. The third kappa shape index (κ3) is 3.92. The summed E-state index contributed by atoms with van der Waals surface area (Å²) in [6, 6.07) is 8.18. The van der Waals surface area contributed by atoms with Crippen LogP contribution in [0.15, 0.2) is 53.9 Å². The van der Waals surface area contributed by atoms with Crippen LogP contribution in [0.3, 0.4) is 0 Å². The lowest BCUT2D eigenvalue weighted by Gasteiger charge is -2.09. The van der Waals surface area contributed by atoms with Gasteiger partial charge in [0.25, 0.3) is 0 Å². The lowest BCUT2D eigenvalue weighted by Crippen LogP contribution is -2.24. The third-order valence-corrected chi connectivity index (χ3v) is 5.01. The molecule has 0 spiro atoms. The van der Waals surface area contributed by atoms with Crippen molar-refractivity contribution in [3.63, 3.8) is 0 Å². The minimum atomic E-state index is -4.33. The monoisotopic (exact) mass is 382 g/mol. The van der Waals surface area contributed by atoms with Crippen molar-refractivity contribution in [2.24, 2.45) is 0 Å². The van der Waals surface area contributed by atoms with Gasteiger partial charge in [0.1, 0.15) is 17.6 Å². The molecule has 0 aliphatic rings. The van der Waals surface area contributed by atoms with Crippen LogP contribution < -0.4 is 4.72 Å². The van der Waals surface area contributed by atoms with Crippen LogP contribution in [0.1, 0.15) is 11.1 Å². The number of hydrogen-bond donors (Lipinski definition) is 1. The lowest BCUT2D eigenvalue weighted by molar-refractivity contribution is 0.431. The second kappa shape index (κ2) is 7.26. The van der Waals surface area contributed by atoms with Crippen molar-refractivity contribution >= 4 is 10.0 Å². The molecule has 10 heteroatoms. The second-order valence-electron chi connectivity index (χ2n) is 5.41. The Morgan fingerprint density at radius 1 is 0.962 bits per heavy atom. The van der Waals surface area contributed by atoms with Gasteiger partial charge in [-0.2, -0.15) is 5.10 Å². The van der Waals surface area contributed by atoms with Crippen LogP contribution in [0.5, 0.6) is 0 Å². The minimum absolute atomic E-state index is 0.135. The van der Waals surface area contributed by atoms with Crippen LogP contribution >= 0.6 is 0 Å². The van der Waals surface area contributed by atoms with Gasteiger partial charge in [-0.05, 0) is 23.3 Å². The molecule has 26 heavy (non-hydrogen) atoms. The highest BCUT2D eigenvalue weighted by Gasteiger charge is 2.23. The van der Waals surface area contributed by atoms with Crippen LogP contribution in [0.2, 0.25) is 0 Å². The molecule has 0 atom stereocenters. The fraction of sp³-hybridized carbons (Fsp3) is 0.125. The Bertz CT molecular complexity index is 1010. The van der Waals surface area contributed by atoms with Gasteiger partial charge in [-0.15, -0.1) is 0 Å². The summed E-state index contributed by atoms with van der Waals surface area (Å²) in [6.45, 7) is 0.371. The Morgan fingerprint density at radius 3 is 2.31 bits per heavy atom. The lowest BCUT2D eigenvalue weighted by atomic mass is 10.1. The van der Waals surface area contributed by atoms with Gasteiger partial charge < -0.3 is 0 Å². The van der Waals surface area contributed by atoms with Crippen LogP contribution in [-0.4, -0.2) is 23.2 Å². The van der Waals surface area contributed by atoms with Crippen molar-refractivity contribution < 1.29 is 21.6 Å². The van der Waals surface area contributed by atoms with Crippen molar-refractivity contribution in [2.75, 3.05) is 0 Å². The van der Waals surface area contributed by atoms with E-state index in [2.05, 4.69) is 14.8 Å². The van der Waals surface area contributed by atoms with E-state index in [0.29, 0.717) is 24.2 Å². The normalized spacial score (nSPS) is 11.7. The van der Waals surface area contributed by atoms with Crippen molar-refractivity contribution in [3.8, 4) is 0 Å². The summed E-state index contributed by atoms with van der Waals surface area (Å²) >= 11 is 0. The van der Waals surface area contributed by atoms with Gasteiger partial charge in [-0.25, -0.2) is 36.0 Å². The molecule has 136 valence electrons. The molecule has 3 aromatic rings. The molecule has 0 bridgehead atoms. The average molecular weight is 382 g/mol. The summed E-state index contributed by atoms with van der Waals surface area (Å²) in [5, 5.41) is 3.98. The molecule has 1 N–H and O–H groups in total. The Morgan fingerprint density at radius 2 is 1.65 bits per heavy atom. The maximum Gasteiger partial charge on any atom is 0.243 e. The predicted octanol–water partition coefficient (Wildman–Crippen LogP) is 2.22. The van der Waals surface area contributed by atoms with Gasteiger partial charge in [0.15, 0.2) is 17.5 Å². The smallest absolute Gasteiger partial charge is 0.243 e. The molecular weight excluding hydrogens is 369 g/mol. The Hall–Kier alpha value is -2.72. The summed E-state index contributed by atoms with van der Waals surface area (Å²) in [5.41, 5.74) is 1.53. The molecule has 0 aliphatic heterocycles. The van der Waals surface area contributed by atoms with Crippen molar-refractivity contribution in [1.29, 1.82) is 0 Å². The first kappa shape index (κ1) is 18.1. The van der Waals surface area contributed by atoms with Crippen molar-refractivity contribution in [3.05, 3.63) is 77.6 Å². The summed E-state index contributed by atoms with van der Waals surface area (Å²) in [4.78, 5) is 2.89. The van der Waals surface area contributed by atoms with Gasteiger partial charge in [-0.1, -0.05) is 24.3 Å². The van der Waals surface area contributed by atoms with E-state index in [9.17, 15) is 21.6 Å². The van der Waals surface area contributed by atoms with Crippen LogP contribution in [0.4, 0.5) is 13.2 Å². The van der Waals surface area contributed by atoms with E-state index in [1.807, 2.05) is 0 Å². The van der Waals surface area contributed by atoms with E-state index >= 15 is 0 Å². The zero-order valence-corrected chi connectivity index (χ0v) is 14.0. The first-order valence-electron chi connectivity index (χ1n) is 7.40. The molecule has 1 aromatic heterocycles. The number of halogens is 3. The minimum Gasteiger partial charge on any atom is -0.249 e. The van der Waals surface area contributed by atoms with Crippen molar-refractivity contribution in [1.82, 2.24) is 19.5 Å². The fourth-order valence-corrected chi connectivity index (χ4v) is 3.32. The molecule has 0 aliphatic carbocycles. The maximum absolute atomic E-state index is 13.7. The van der Waals surface area contributed by atoms with Gasteiger partial charge >= 0.3 is 0 Å². The largest absolute Gasteiger partial charge is 0.249 e. The van der Waals surface area contributed by atoms with E-state index in [0.717, 1.165) is 5.56 Å². The zero-order valence-electron chi connectivity index (χ0n) is 13.2. The molecule has 0 unspecified atom stereocenters. The standard InChI is InChI=1S/C16H13F3N4O2S/c17-13-5-6-14(16(19)15(13)18)26(24,25)22-7-11-1-3-12(4-2-11)8-23-10-20-9-21-23/h1-6,9-10,22H,7-8H2. The molecule has 0 saturated carbocycles. The number of nitrogens with one attached hydrogen (secondary N) is 1. The highest BCUT2D eigenvalue weighted by atomic mass is 32.2. The van der Waals surface area contributed by atoms with E-state index in [4.69, 9.17) is 0 Å². The van der Waals surface area contributed by atoms with E-state index < -0.39 is 32.4 Å². The molecule has 1 heterocycles. The molecule has 0 saturated heterocycles. The van der Waals surface area contributed by atoms with Crippen molar-refractivity contribution in [2.45, 2.75) is 18.0 Å². The second-order valence-corrected chi connectivity index (χ2v) is 7.14. The first-order chi connectivity index (χ1) is 12.4. The van der Waals surface area contributed by atoms with E-state index in [1.54, 1.807) is 35.3 Å². The SMILES string of the molecule is O=S(=O)(NCc1ccc(Cn2cncn2)cc1)c1ccc(F)c(F)c1F. The number of nitrogens with zero attached hydrogens (tertiary/aromatic N) is 3. The number of aromatic nitrogens is 3. The summed E-state index contributed by atoms with van der Waals surface area (Å²) < 4.78 is 67.8. The quantitative estimate of drug-likeness (QED) is 0.664. The zero-order chi connectivity index (χ0) is 18.7. The van der Waals surface area contributed by atoms with E-state index in [-0.39, 0.29) is 6.54 Å².